The number of rotatable bonds is 4. The molecule has 0 atom stereocenters. The second kappa shape index (κ2) is 6.76. The summed E-state index contributed by atoms with van der Waals surface area (Å²) < 4.78 is 11.4. The SMILES string of the molecule is CCC(=O)Nc1c(-c2cc(=O)oc3ccc(CC)cc23)oc2ccccc12. The standard InChI is InChI=1S/C22H19NO4/c1-3-13-9-10-18-15(11-13)16(12-20(25)26-18)22-21(23-19(24)4-2)14-7-5-6-8-17(14)27-22/h5-12H,3-4H2,1-2H3,(H,23,24). The maximum Gasteiger partial charge on any atom is 0.336 e. The van der Waals surface area contributed by atoms with Crippen molar-refractivity contribution in [3.8, 4) is 11.3 Å². The van der Waals surface area contributed by atoms with Crippen molar-refractivity contribution in [2.75, 3.05) is 5.32 Å². The van der Waals surface area contributed by atoms with Crippen molar-refractivity contribution in [2.45, 2.75) is 26.7 Å². The number of para-hydroxylation sites is 1. The van der Waals surface area contributed by atoms with Crippen molar-refractivity contribution in [1.29, 1.82) is 0 Å². The summed E-state index contributed by atoms with van der Waals surface area (Å²) >= 11 is 0. The number of hydrogen-bond donors (Lipinski definition) is 1. The predicted octanol–water partition coefficient (Wildman–Crippen LogP) is 5.12. The van der Waals surface area contributed by atoms with Gasteiger partial charge >= 0.3 is 5.63 Å². The highest BCUT2D eigenvalue weighted by molar-refractivity contribution is 6.09. The number of fused-ring (bicyclic) bond motifs is 2. The molecule has 0 saturated heterocycles. The molecule has 0 spiro atoms. The smallest absolute Gasteiger partial charge is 0.336 e. The Labute approximate surface area is 155 Å². The molecule has 0 unspecified atom stereocenters. The summed E-state index contributed by atoms with van der Waals surface area (Å²) in [4.78, 5) is 24.2. The molecule has 2 aromatic carbocycles. The second-order valence-corrected chi connectivity index (χ2v) is 6.37. The molecule has 0 aliphatic carbocycles. The minimum atomic E-state index is -0.463. The molecule has 0 aliphatic heterocycles. The van der Waals surface area contributed by atoms with Gasteiger partial charge in [-0.05, 0) is 36.2 Å². The lowest BCUT2D eigenvalue weighted by Crippen LogP contribution is -2.10. The van der Waals surface area contributed by atoms with Crippen LogP contribution in [0, 0.1) is 0 Å². The fourth-order valence-electron chi connectivity index (χ4n) is 3.20. The average molecular weight is 361 g/mol. The van der Waals surface area contributed by atoms with Crippen LogP contribution >= 0.6 is 0 Å². The zero-order valence-corrected chi connectivity index (χ0v) is 15.2. The summed E-state index contributed by atoms with van der Waals surface area (Å²) in [6.07, 6.45) is 1.20. The van der Waals surface area contributed by atoms with E-state index in [2.05, 4.69) is 12.2 Å². The van der Waals surface area contributed by atoms with Crippen LogP contribution in [0.4, 0.5) is 5.69 Å². The average Bonchev–Trinajstić information content (AvgIpc) is 3.05. The number of anilines is 1. The van der Waals surface area contributed by atoms with E-state index in [0.29, 0.717) is 34.6 Å². The van der Waals surface area contributed by atoms with Crippen LogP contribution < -0.4 is 10.9 Å². The molecule has 5 nitrogen and oxygen atoms in total. The summed E-state index contributed by atoms with van der Waals surface area (Å²) in [6.45, 7) is 3.85. The Kier molecular flexibility index (Phi) is 4.28. The van der Waals surface area contributed by atoms with E-state index >= 15 is 0 Å². The van der Waals surface area contributed by atoms with E-state index in [9.17, 15) is 9.59 Å². The van der Waals surface area contributed by atoms with Gasteiger partial charge in [-0.2, -0.15) is 0 Å². The molecule has 27 heavy (non-hydrogen) atoms. The van der Waals surface area contributed by atoms with Gasteiger partial charge in [0, 0.05) is 28.8 Å². The lowest BCUT2D eigenvalue weighted by molar-refractivity contribution is -0.115. The van der Waals surface area contributed by atoms with Crippen molar-refractivity contribution < 1.29 is 13.6 Å². The number of benzene rings is 2. The van der Waals surface area contributed by atoms with E-state index in [4.69, 9.17) is 8.83 Å². The van der Waals surface area contributed by atoms with Gasteiger partial charge in [-0.15, -0.1) is 0 Å². The Balaban J connectivity index is 2.06. The number of amides is 1. The van der Waals surface area contributed by atoms with Gasteiger partial charge in [-0.3, -0.25) is 4.79 Å². The molecule has 5 heteroatoms. The summed E-state index contributed by atoms with van der Waals surface area (Å²) in [5.74, 6) is 0.341. The summed E-state index contributed by atoms with van der Waals surface area (Å²) in [5, 5.41) is 4.50. The lowest BCUT2D eigenvalue weighted by Gasteiger charge is -2.08. The maximum absolute atomic E-state index is 12.1. The molecule has 2 heterocycles. The molecule has 0 radical (unpaired) electrons. The largest absolute Gasteiger partial charge is 0.454 e. The van der Waals surface area contributed by atoms with Gasteiger partial charge in [0.15, 0.2) is 5.76 Å². The number of furan rings is 1. The zero-order chi connectivity index (χ0) is 19.0. The van der Waals surface area contributed by atoms with Gasteiger partial charge in [0.1, 0.15) is 11.2 Å². The van der Waals surface area contributed by atoms with E-state index in [1.54, 1.807) is 13.0 Å². The molecular weight excluding hydrogens is 342 g/mol. The molecule has 0 aliphatic rings. The molecule has 136 valence electrons. The second-order valence-electron chi connectivity index (χ2n) is 6.37. The number of carbonyl (C=O) groups excluding carboxylic acids is 1. The summed E-state index contributed by atoms with van der Waals surface area (Å²) in [5.41, 5.74) is 2.98. The van der Waals surface area contributed by atoms with Crippen LogP contribution in [0.15, 0.2) is 62.2 Å². The molecule has 0 bridgehead atoms. The monoisotopic (exact) mass is 361 g/mol. The van der Waals surface area contributed by atoms with E-state index < -0.39 is 5.63 Å². The highest BCUT2D eigenvalue weighted by Crippen LogP contribution is 2.40. The Bertz CT molecular complexity index is 1220. The van der Waals surface area contributed by atoms with Gasteiger partial charge < -0.3 is 14.2 Å². The molecule has 4 rings (SSSR count). The van der Waals surface area contributed by atoms with E-state index in [-0.39, 0.29) is 5.91 Å². The van der Waals surface area contributed by atoms with Crippen molar-refractivity contribution in [3.05, 3.63) is 64.5 Å². The Morgan fingerprint density at radius 1 is 0.963 bits per heavy atom. The Morgan fingerprint density at radius 3 is 2.52 bits per heavy atom. The van der Waals surface area contributed by atoms with Gasteiger partial charge in [0.2, 0.25) is 5.91 Å². The molecular formula is C22H19NO4. The van der Waals surface area contributed by atoms with Crippen molar-refractivity contribution >= 4 is 33.5 Å². The maximum atomic E-state index is 12.1. The highest BCUT2D eigenvalue weighted by atomic mass is 16.4. The third kappa shape index (κ3) is 3.01. The van der Waals surface area contributed by atoms with Crippen LogP contribution in [0.1, 0.15) is 25.8 Å². The normalized spacial score (nSPS) is 11.2. The Morgan fingerprint density at radius 2 is 1.74 bits per heavy atom. The van der Waals surface area contributed by atoms with Gasteiger partial charge in [-0.1, -0.05) is 32.0 Å². The first-order valence-electron chi connectivity index (χ1n) is 8.99. The van der Waals surface area contributed by atoms with E-state index in [1.165, 1.54) is 6.07 Å². The number of carbonyl (C=O) groups is 1. The van der Waals surface area contributed by atoms with Crippen molar-refractivity contribution in [3.63, 3.8) is 0 Å². The summed E-state index contributed by atoms with van der Waals surface area (Å²) in [6, 6.07) is 14.6. The predicted molar refractivity (Wildman–Crippen MR) is 106 cm³/mol. The minimum absolute atomic E-state index is 0.121. The topological polar surface area (TPSA) is 72.5 Å². The third-order valence-corrected chi connectivity index (χ3v) is 4.64. The zero-order valence-electron chi connectivity index (χ0n) is 15.2. The quantitative estimate of drug-likeness (QED) is 0.512. The van der Waals surface area contributed by atoms with E-state index in [1.807, 2.05) is 36.4 Å². The first kappa shape index (κ1) is 17.1. The van der Waals surface area contributed by atoms with Crippen LogP contribution in [0.3, 0.4) is 0 Å². The molecule has 0 fully saturated rings. The number of hydrogen-bond acceptors (Lipinski definition) is 4. The third-order valence-electron chi connectivity index (χ3n) is 4.64. The van der Waals surface area contributed by atoms with Crippen LogP contribution in [0.5, 0.6) is 0 Å². The highest BCUT2D eigenvalue weighted by Gasteiger charge is 2.20. The fraction of sp³-hybridized carbons (Fsp3) is 0.182. The van der Waals surface area contributed by atoms with Crippen molar-refractivity contribution in [1.82, 2.24) is 0 Å². The van der Waals surface area contributed by atoms with Crippen LogP contribution in [0.2, 0.25) is 0 Å². The molecule has 0 saturated carbocycles. The summed E-state index contributed by atoms with van der Waals surface area (Å²) in [7, 11) is 0. The minimum Gasteiger partial charge on any atom is -0.454 e. The van der Waals surface area contributed by atoms with Crippen molar-refractivity contribution in [2.24, 2.45) is 0 Å². The lowest BCUT2D eigenvalue weighted by atomic mass is 10.0. The number of nitrogens with one attached hydrogen (secondary N) is 1. The molecule has 4 aromatic rings. The van der Waals surface area contributed by atoms with Crippen LogP contribution in [0.25, 0.3) is 33.3 Å². The molecule has 1 amide bonds. The van der Waals surface area contributed by atoms with Gasteiger partial charge in [0.05, 0.1) is 5.69 Å². The fourth-order valence-corrected chi connectivity index (χ4v) is 3.20. The number of aryl methyl sites for hydroxylation is 1. The molecule has 2 aromatic heterocycles. The van der Waals surface area contributed by atoms with Gasteiger partial charge in [0.25, 0.3) is 0 Å². The first-order chi connectivity index (χ1) is 13.1. The van der Waals surface area contributed by atoms with Crippen LogP contribution in [-0.2, 0) is 11.2 Å². The van der Waals surface area contributed by atoms with Crippen LogP contribution in [-0.4, -0.2) is 5.91 Å². The van der Waals surface area contributed by atoms with E-state index in [0.717, 1.165) is 22.8 Å². The molecule has 1 N–H and O–H groups in total. The Hall–Kier alpha value is -3.34. The first-order valence-corrected chi connectivity index (χ1v) is 8.99. The van der Waals surface area contributed by atoms with Gasteiger partial charge in [-0.25, -0.2) is 4.79 Å².